The van der Waals surface area contributed by atoms with E-state index in [4.69, 9.17) is 4.74 Å². The first kappa shape index (κ1) is 15.9. The zero-order valence-electron chi connectivity index (χ0n) is 11.7. The van der Waals surface area contributed by atoms with Gasteiger partial charge in [-0.15, -0.1) is 0 Å². The summed E-state index contributed by atoms with van der Waals surface area (Å²) in [4.78, 5) is 3.88. The Hall–Kier alpha value is -1.53. The maximum atomic E-state index is 14.0. The smallest absolute Gasteiger partial charge is 0.198 e. The number of benzene rings is 1. The molecule has 0 saturated carbocycles. The van der Waals surface area contributed by atoms with Gasteiger partial charge in [0.2, 0.25) is 0 Å². The zero-order valence-corrected chi connectivity index (χ0v) is 13.2. The number of hydrogen-bond donors (Lipinski definition) is 1. The number of aromatic nitrogens is 1. The summed E-state index contributed by atoms with van der Waals surface area (Å²) in [5.74, 6) is -1.65. The number of halogens is 3. The molecule has 1 aromatic carbocycles. The number of hydrogen-bond acceptors (Lipinski definition) is 3. The average Bonchev–Trinajstić information content (AvgIpc) is 2.40. The van der Waals surface area contributed by atoms with Crippen LogP contribution in [0.3, 0.4) is 0 Å². The van der Waals surface area contributed by atoms with Crippen LogP contribution in [0.2, 0.25) is 0 Å². The SMILES string of the molecule is CC(C)NCc1cc(F)c(Oc2cncc(Br)c2)c(F)c1. The Morgan fingerprint density at radius 1 is 1.19 bits per heavy atom. The third-order valence-electron chi connectivity index (χ3n) is 2.67. The average molecular weight is 357 g/mol. The standard InChI is InChI=1S/C15H15BrF2N2O/c1-9(2)20-6-10-3-13(17)15(14(18)4-10)21-12-5-11(16)7-19-8-12/h3-5,7-9,20H,6H2,1-2H3. The van der Waals surface area contributed by atoms with Gasteiger partial charge in [-0.3, -0.25) is 4.98 Å². The van der Waals surface area contributed by atoms with Crippen molar-refractivity contribution in [1.29, 1.82) is 0 Å². The molecule has 1 aromatic heterocycles. The van der Waals surface area contributed by atoms with Gasteiger partial charge >= 0.3 is 0 Å². The quantitative estimate of drug-likeness (QED) is 0.861. The fourth-order valence-electron chi connectivity index (χ4n) is 1.70. The molecule has 2 aromatic rings. The van der Waals surface area contributed by atoms with Crippen molar-refractivity contribution in [3.8, 4) is 11.5 Å². The molecule has 0 amide bonds. The summed E-state index contributed by atoms with van der Waals surface area (Å²) >= 11 is 3.22. The first-order valence-corrected chi connectivity index (χ1v) is 7.24. The first-order chi connectivity index (χ1) is 9.95. The van der Waals surface area contributed by atoms with E-state index in [0.29, 0.717) is 16.6 Å². The van der Waals surface area contributed by atoms with Crippen molar-refractivity contribution in [2.45, 2.75) is 26.4 Å². The van der Waals surface area contributed by atoms with Gasteiger partial charge in [-0.1, -0.05) is 13.8 Å². The molecule has 0 saturated heterocycles. The van der Waals surface area contributed by atoms with E-state index in [1.165, 1.54) is 18.3 Å². The van der Waals surface area contributed by atoms with E-state index in [-0.39, 0.29) is 11.8 Å². The summed E-state index contributed by atoms with van der Waals surface area (Å²) in [6.45, 7) is 4.32. The predicted octanol–water partition coefficient (Wildman–Crippen LogP) is 4.41. The minimum atomic E-state index is -0.740. The van der Waals surface area contributed by atoms with Crippen LogP contribution in [-0.2, 0) is 6.54 Å². The maximum absolute atomic E-state index is 14.0. The van der Waals surface area contributed by atoms with E-state index in [1.54, 1.807) is 12.3 Å². The number of pyridine rings is 1. The molecule has 0 spiro atoms. The molecular weight excluding hydrogens is 342 g/mol. The van der Waals surface area contributed by atoms with Crippen LogP contribution < -0.4 is 10.1 Å². The minimum absolute atomic E-state index is 0.236. The van der Waals surface area contributed by atoms with Gasteiger partial charge in [-0.2, -0.15) is 0 Å². The summed E-state index contributed by atoms with van der Waals surface area (Å²) in [7, 11) is 0. The van der Waals surface area contributed by atoms with Crippen molar-refractivity contribution in [2.24, 2.45) is 0 Å². The molecule has 1 heterocycles. The summed E-state index contributed by atoms with van der Waals surface area (Å²) in [6, 6.07) is 4.35. The van der Waals surface area contributed by atoms with Gasteiger partial charge in [0.05, 0.1) is 6.20 Å². The van der Waals surface area contributed by atoms with Crippen LogP contribution in [0.15, 0.2) is 35.1 Å². The highest BCUT2D eigenvalue weighted by atomic mass is 79.9. The molecule has 0 atom stereocenters. The van der Waals surface area contributed by atoms with Crippen molar-refractivity contribution < 1.29 is 13.5 Å². The third-order valence-corrected chi connectivity index (χ3v) is 3.11. The van der Waals surface area contributed by atoms with E-state index < -0.39 is 17.4 Å². The van der Waals surface area contributed by atoms with Crippen molar-refractivity contribution in [1.82, 2.24) is 10.3 Å². The topological polar surface area (TPSA) is 34.1 Å². The Kier molecular flexibility index (Phi) is 5.25. The largest absolute Gasteiger partial charge is 0.450 e. The van der Waals surface area contributed by atoms with Crippen molar-refractivity contribution in [3.05, 3.63) is 52.3 Å². The van der Waals surface area contributed by atoms with E-state index in [1.807, 2.05) is 13.8 Å². The van der Waals surface area contributed by atoms with Gasteiger partial charge in [0.1, 0.15) is 5.75 Å². The van der Waals surface area contributed by atoms with E-state index >= 15 is 0 Å². The Morgan fingerprint density at radius 3 is 2.43 bits per heavy atom. The zero-order chi connectivity index (χ0) is 15.4. The second kappa shape index (κ2) is 6.95. The van der Waals surface area contributed by atoms with Crippen LogP contribution in [0.25, 0.3) is 0 Å². The predicted molar refractivity (Wildman–Crippen MR) is 80.3 cm³/mol. The molecule has 112 valence electrons. The summed E-state index contributed by atoms with van der Waals surface area (Å²) in [6.07, 6.45) is 2.94. The van der Waals surface area contributed by atoms with Gasteiger partial charge in [-0.25, -0.2) is 8.78 Å². The molecule has 0 bridgehead atoms. The first-order valence-electron chi connectivity index (χ1n) is 6.45. The van der Waals surface area contributed by atoms with Crippen molar-refractivity contribution in [2.75, 3.05) is 0 Å². The van der Waals surface area contributed by atoms with Gasteiger partial charge < -0.3 is 10.1 Å². The fourth-order valence-corrected chi connectivity index (χ4v) is 2.04. The van der Waals surface area contributed by atoms with Crippen LogP contribution in [0.5, 0.6) is 11.5 Å². The molecule has 21 heavy (non-hydrogen) atoms. The van der Waals surface area contributed by atoms with Gasteiger partial charge in [0, 0.05) is 23.3 Å². The molecule has 1 N–H and O–H groups in total. The fraction of sp³-hybridized carbons (Fsp3) is 0.267. The lowest BCUT2D eigenvalue weighted by molar-refractivity contribution is 0.404. The summed E-state index contributed by atoms with van der Waals surface area (Å²) in [5, 5.41) is 3.10. The van der Waals surface area contributed by atoms with Crippen LogP contribution in [0, 0.1) is 11.6 Å². The lowest BCUT2D eigenvalue weighted by Gasteiger charge is -2.11. The molecule has 0 aliphatic heterocycles. The number of nitrogens with zero attached hydrogens (tertiary/aromatic N) is 1. The minimum Gasteiger partial charge on any atom is -0.450 e. The van der Waals surface area contributed by atoms with Crippen LogP contribution in [0.1, 0.15) is 19.4 Å². The Labute approximate surface area is 130 Å². The van der Waals surface area contributed by atoms with Gasteiger partial charge in [0.25, 0.3) is 0 Å². The normalized spacial score (nSPS) is 11.0. The van der Waals surface area contributed by atoms with Crippen molar-refractivity contribution >= 4 is 15.9 Å². The second-order valence-corrected chi connectivity index (χ2v) is 5.78. The molecule has 0 aliphatic carbocycles. The van der Waals surface area contributed by atoms with Crippen LogP contribution in [0.4, 0.5) is 8.78 Å². The highest BCUT2D eigenvalue weighted by Crippen LogP contribution is 2.29. The van der Waals surface area contributed by atoms with Gasteiger partial charge in [-0.05, 0) is 39.7 Å². The molecule has 0 radical (unpaired) electrons. The monoisotopic (exact) mass is 356 g/mol. The highest BCUT2D eigenvalue weighted by Gasteiger charge is 2.14. The van der Waals surface area contributed by atoms with Crippen LogP contribution >= 0.6 is 15.9 Å². The summed E-state index contributed by atoms with van der Waals surface area (Å²) < 4.78 is 33.9. The molecule has 3 nitrogen and oxygen atoms in total. The summed E-state index contributed by atoms with van der Waals surface area (Å²) in [5.41, 5.74) is 0.526. The Morgan fingerprint density at radius 2 is 1.86 bits per heavy atom. The number of rotatable bonds is 5. The maximum Gasteiger partial charge on any atom is 0.198 e. The molecule has 0 aliphatic rings. The van der Waals surface area contributed by atoms with Crippen molar-refractivity contribution in [3.63, 3.8) is 0 Å². The van der Waals surface area contributed by atoms with E-state index in [0.717, 1.165) is 0 Å². The molecule has 0 unspecified atom stereocenters. The lowest BCUT2D eigenvalue weighted by atomic mass is 10.2. The van der Waals surface area contributed by atoms with Crippen LogP contribution in [-0.4, -0.2) is 11.0 Å². The molecule has 0 fully saturated rings. The van der Waals surface area contributed by atoms with E-state index in [9.17, 15) is 8.78 Å². The molecular formula is C15H15BrF2N2O. The number of ether oxygens (including phenoxy) is 1. The van der Waals surface area contributed by atoms with E-state index in [2.05, 4.69) is 26.2 Å². The Bertz CT molecular complexity index is 612. The highest BCUT2D eigenvalue weighted by molar-refractivity contribution is 9.10. The van der Waals surface area contributed by atoms with Gasteiger partial charge in [0.15, 0.2) is 17.4 Å². The molecule has 2 rings (SSSR count). The third kappa shape index (κ3) is 4.47. The molecule has 6 heteroatoms. The number of nitrogens with one attached hydrogen (secondary N) is 1. The second-order valence-electron chi connectivity index (χ2n) is 4.87. The lowest BCUT2D eigenvalue weighted by Crippen LogP contribution is -2.22. The Balaban J connectivity index is 2.21.